The van der Waals surface area contributed by atoms with E-state index < -0.39 is 0 Å². The van der Waals surface area contributed by atoms with Gasteiger partial charge in [0, 0.05) is 6.54 Å². The molecule has 2 aromatic carbocycles. The molecule has 0 fully saturated rings. The van der Waals surface area contributed by atoms with Crippen molar-refractivity contribution in [2.24, 2.45) is 0 Å². The summed E-state index contributed by atoms with van der Waals surface area (Å²) in [6, 6.07) is 13.9. The van der Waals surface area contributed by atoms with E-state index in [0.29, 0.717) is 5.75 Å². The van der Waals surface area contributed by atoms with Gasteiger partial charge in [0.2, 0.25) is 0 Å². The van der Waals surface area contributed by atoms with Crippen LogP contribution in [-0.2, 0) is 6.54 Å². The fourth-order valence-electron chi connectivity index (χ4n) is 1.77. The van der Waals surface area contributed by atoms with Crippen LogP contribution in [0.3, 0.4) is 0 Å². The third kappa shape index (κ3) is 4.38. The van der Waals surface area contributed by atoms with Gasteiger partial charge in [0.15, 0.2) is 0 Å². The first-order chi connectivity index (χ1) is 9.28. The van der Waals surface area contributed by atoms with Gasteiger partial charge in [-0.05, 0) is 54.9 Å². The van der Waals surface area contributed by atoms with Crippen LogP contribution >= 0.6 is 0 Å². The van der Waals surface area contributed by atoms with Gasteiger partial charge in [0.25, 0.3) is 0 Å². The van der Waals surface area contributed by atoms with Gasteiger partial charge >= 0.3 is 0 Å². The maximum atomic E-state index is 12.8. The van der Waals surface area contributed by atoms with Crippen molar-refractivity contribution in [2.75, 3.05) is 6.54 Å². The van der Waals surface area contributed by atoms with Crippen molar-refractivity contribution in [2.45, 2.75) is 19.9 Å². The number of hydrogen-bond acceptors (Lipinski definition) is 2. The average molecular weight is 259 g/mol. The SMILES string of the molecule is CCCNCc1cccc(Oc2ccc(F)cc2)c1. The Morgan fingerprint density at radius 3 is 2.58 bits per heavy atom. The van der Waals surface area contributed by atoms with E-state index in [0.717, 1.165) is 25.3 Å². The molecule has 0 spiro atoms. The highest BCUT2D eigenvalue weighted by atomic mass is 19.1. The molecular formula is C16H18FNO. The van der Waals surface area contributed by atoms with Crippen LogP contribution in [0.2, 0.25) is 0 Å². The molecule has 0 aromatic heterocycles. The van der Waals surface area contributed by atoms with Crippen LogP contribution in [0.1, 0.15) is 18.9 Å². The third-order valence-electron chi connectivity index (χ3n) is 2.70. The Hall–Kier alpha value is -1.87. The topological polar surface area (TPSA) is 21.3 Å². The lowest BCUT2D eigenvalue weighted by atomic mass is 10.2. The lowest BCUT2D eigenvalue weighted by molar-refractivity contribution is 0.479. The summed E-state index contributed by atoms with van der Waals surface area (Å²) >= 11 is 0. The molecule has 2 rings (SSSR count). The Morgan fingerprint density at radius 2 is 1.84 bits per heavy atom. The van der Waals surface area contributed by atoms with E-state index in [4.69, 9.17) is 4.74 Å². The van der Waals surface area contributed by atoms with Crippen molar-refractivity contribution in [3.05, 3.63) is 59.9 Å². The first kappa shape index (κ1) is 13.6. The lowest BCUT2D eigenvalue weighted by Crippen LogP contribution is -2.13. The summed E-state index contributed by atoms with van der Waals surface area (Å²) in [6.07, 6.45) is 1.12. The van der Waals surface area contributed by atoms with Crippen molar-refractivity contribution in [1.82, 2.24) is 5.32 Å². The molecule has 0 amide bonds. The van der Waals surface area contributed by atoms with Crippen LogP contribution < -0.4 is 10.1 Å². The highest BCUT2D eigenvalue weighted by molar-refractivity contribution is 5.34. The minimum Gasteiger partial charge on any atom is -0.457 e. The standard InChI is InChI=1S/C16H18FNO/c1-2-10-18-12-13-4-3-5-16(11-13)19-15-8-6-14(17)7-9-15/h3-9,11,18H,2,10,12H2,1H3. The van der Waals surface area contributed by atoms with E-state index in [1.165, 1.54) is 17.7 Å². The van der Waals surface area contributed by atoms with Gasteiger partial charge < -0.3 is 10.1 Å². The first-order valence-corrected chi connectivity index (χ1v) is 6.51. The molecule has 19 heavy (non-hydrogen) atoms. The Kier molecular flexibility index (Phi) is 4.93. The zero-order valence-electron chi connectivity index (χ0n) is 11.0. The predicted octanol–water partition coefficient (Wildman–Crippen LogP) is 4.12. The molecule has 0 aliphatic carbocycles. The molecule has 3 heteroatoms. The Labute approximate surface area is 113 Å². The predicted molar refractivity (Wildman–Crippen MR) is 74.9 cm³/mol. The number of halogens is 1. The third-order valence-corrected chi connectivity index (χ3v) is 2.70. The second-order valence-corrected chi connectivity index (χ2v) is 4.38. The van der Waals surface area contributed by atoms with Crippen LogP contribution in [-0.4, -0.2) is 6.54 Å². The number of benzene rings is 2. The quantitative estimate of drug-likeness (QED) is 0.788. The van der Waals surface area contributed by atoms with E-state index in [-0.39, 0.29) is 5.82 Å². The Morgan fingerprint density at radius 1 is 1.05 bits per heavy atom. The van der Waals surface area contributed by atoms with Gasteiger partial charge in [-0.25, -0.2) is 4.39 Å². The fourth-order valence-corrected chi connectivity index (χ4v) is 1.77. The summed E-state index contributed by atoms with van der Waals surface area (Å²) in [7, 11) is 0. The summed E-state index contributed by atoms with van der Waals surface area (Å²) in [4.78, 5) is 0. The number of nitrogens with one attached hydrogen (secondary N) is 1. The van der Waals surface area contributed by atoms with E-state index in [2.05, 4.69) is 18.3 Å². The van der Waals surface area contributed by atoms with Crippen molar-refractivity contribution >= 4 is 0 Å². The van der Waals surface area contributed by atoms with Gasteiger partial charge in [0.05, 0.1) is 0 Å². The van der Waals surface area contributed by atoms with Gasteiger partial charge in [-0.15, -0.1) is 0 Å². The van der Waals surface area contributed by atoms with Gasteiger partial charge in [-0.2, -0.15) is 0 Å². The zero-order chi connectivity index (χ0) is 13.5. The molecule has 0 aliphatic rings. The molecule has 0 saturated carbocycles. The van der Waals surface area contributed by atoms with Crippen molar-refractivity contribution in [3.8, 4) is 11.5 Å². The molecule has 0 bridgehead atoms. The second-order valence-electron chi connectivity index (χ2n) is 4.38. The van der Waals surface area contributed by atoms with Crippen LogP contribution in [0.5, 0.6) is 11.5 Å². The largest absolute Gasteiger partial charge is 0.457 e. The molecule has 2 nitrogen and oxygen atoms in total. The normalized spacial score (nSPS) is 10.4. The smallest absolute Gasteiger partial charge is 0.127 e. The number of hydrogen-bond donors (Lipinski definition) is 1. The summed E-state index contributed by atoms with van der Waals surface area (Å²) < 4.78 is 18.5. The maximum absolute atomic E-state index is 12.8. The van der Waals surface area contributed by atoms with E-state index in [9.17, 15) is 4.39 Å². The summed E-state index contributed by atoms with van der Waals surface area (Å²) in [6.45, 7) is 3.97. The zero-order valence-corrected chi connectivity index (χ0v) is 11.0. The Bertz CT molecular complexity index is 510. The highest BCUT2D eigenvalue weighted by Crippen LogP contribution is 2.22. The number of rotatable bonds is 6. The molecule has 0 saturated heterocycles. The van der Waals surface area contributed by atoms with E-state index >= 15 is 0 Å². The van der Waals surface area contributed by atoms with Crippen molar-refractivity contribution in [1.29, 1.82) is 0 Å². The van der Waals surface area contributed by atoms with Crippen LogP contribution in [0.15, 0.2) is 48.5 Å². The summed E-state index contributed by atoms with van der Waals surface area (Å²) in [5, 5.41) is 3.34. The van der Waals surface area contributed by atoms with Crippen molar-refractivity contribution < 1.29 is 9.13 Å². The molecule has 0 radical (unpaired) electrons. The fraction of sp³-hybridized carbons (Fsp3) is 0.250. The van der Waals surface area contributed by atoms with Gasteiger partial charge in [0.1, 0.15) is 17.3 Å². The Balaban J connectivity index is 2.00. The number of ether oxygens (including phenoxy) is 1. The summed E-state index contributed by atoms with van der Waals surface area (Å²) in [5.41, 5.74) is 1.17. The molecule has 0 atom stereocenters. The molecule has 1 N–H and O–H groups in total. The monoisotopic (exact) mass is 259 g/mol. The average Bonchev–Trinajstić information content (AvgIpc) is 2.42. The van der Waals surface area contributed by atoms with E-state index in [1.807, 2.05) is 18.2 Å². The van der Waals surface area contributed by atoms with Crippen LogP contribution in [0.25, 0.3) is 0 Å². The van der Waals surface area contributed by atoms with Gasteiger partial charge in [-0.1, -0.05) is 19.1 Å². The molecule has 0 aliphatic heterocycles. The lowest BCUT2D eigenvalue weighted by Gasteiger charge is -2.08. The minimum atomic E-state index is -0.259. The van der Waals surface area contributed by atoms with Crippen LogP contribution in [0.4, 0.5) is 4.39 Å². The first-order valence-electron chi connectivity index (χ1n) is 6.51. The minimum absolute atomic E-state index is 0.259. The maximum Gasteiger partial charge on any atom is 0.127 e. The van der Waals surface area contributed by atoms with Crippen LogP contribution in [0, 0.1) is 5.82 Å². The highest BCUT2D eigenvalue weighted by Gasteiger charge is 1.99. The molecular weight excluding hydrogens is 241 g/mol. The van der Waals surface area contributed by atoms with E-state index in [1.54, 1.807) is 12.1 Å². The van der Waals surface area contributed by atoms with Crippen molar-refractivity contribution in [3.63, 3.8) is 0 Å². The molecule has 2 aromatic rings. The molecule has 0 unspecified atom stereocenters. The second kappa shape index (κ2) is 6.90. The van der Waals surface area contributed by atoms with Gasteiger partial charge in [-0.3, -0.25) is 0 Å². The molecule has 100 valence electrons. The molecule has 0 heterocycles. The summed E-state index contributed by atoms with van der Waals surface area (Å²) in [5.74, 6) is 1.15.